The third-order valence-corrected chi connectivity index (χ3v) is 4.62. The van der Waals surface area contributed by atoms with Gasteiger partial charge < -0.3 is 0 Å². The van der Waals surface area contributed by atoms with Gasteiger partial charge in [0.1, 0.15) is 5.15 Å². The Morgan fingerprint density at radius 3 is 2.76 bits per heavy atom. The zero-order chi connectivity index (χ0) is 12.3. The number of hydrogen-bond donors (Lipinski definition) is 0. The molecule has 0 saturated carbocycles. The van der Waals surface area contributed by atoms with Crippen molar-refractivity contribution >= 4 is 21.4 Å². The number of sulfone groups is 1. The van der Waals surface area contributed by atoms with E-state index in [-0.39, 0.29) is 11.5 Å². The van der Waals surface area contributed by atoms with Crippen LogP contribution in [0.4, 0.5) is 0 Å². The maximum Gasteiger partial charge on any atom is 0.151 e. The first-order valence-electron chi connectivity index (χ1n) is 5.44. The van der Waals surface area contributed by atoms with E-state index in [1.54, 1.807) is 6.20 Å². The molecule has 2 rings (SSSR count). The fraction of sp³-hybridized carbons (Fsp3) is 0.600. The van der Waals surface area contributed by atoms with Crippen LogP contribution in [0.5, 0.6) is 0 Å². The van der Waals surface area contributed by atoms with Gasteiger partial charge in [-0.1, -0.05) is 11.6 Å². The van der Waals surface area contributed by atoms with Gasteiger partial charge in [-0.05, 0) is 13.0 Å². The summed E-state index contributed by atoms with van der Waals surface area (Å²) in [6.07, 6.45) is 3.82. The molecule has 1 aliphatic heterocycles. The quantitative estimate of drug-likeness (QED) is 0.797. The van der Waals surface area contributed by atoms with Crippen molar-refractivity contribution in [1.29, 1.82) is 0 Å². The molecule has 2 heterocycles. The first kappa shape index (κ1) is 12.7. The van der Waals surface area contributed by atoms with Gasteiger partial charge in [0.05, 0.1) is 29.6 Å². The summed E-state index contributed by atoms with van der Waals surface area (Å²) in [5.74, 6) is 0.518. The standard InChI is InChI=1S/C10H14ClN3O2S/c11-10-7-12-9(6-13-10)8-14-2-1-4-17(15,16)5-3-14/h6-7H,1-5,8H2. The smallest absolute Gasteiger partial charge is 0.151 e. The Hall–Kier alpha value is -0.720. The fourth-order valence-corrected chi connectivity index (χ4v) is 3.21. The third-order valence-electron chi connectivity index (χ3n) is 2.71. The normalized spacial score (nSPS) is 21.0. The molecule has 0 atom stereocenters. The van der Waals surface area contributed by atoms with Crippen LogP contribution in [0.25, 0.3) is 0 Å². The van der Waals surface area contributed by atoms with E-state index < -0.39 is 9.84 Å². The lowest BCUT2D eigenvalue weighted by Gasteiger charge is -2.18. The van der Waals surface area contributed by atoms with Gasteiger partial charge in [-0.25, -0.2) is 13.4 Å². The third kappa shape index (κ3) is 3.90. The van der Waals surface area contributed by atoms with Crippen molar-refractivity contribution in [3.63, 3.8) is 0 Å². The van der Waals surface area contributed by atoms with Crippen LogP contribution in [0.3, 0.4) is 0 Å². The lowest BCUT2D eigenvalue weighted by molar-refractivity contribution is 0.283. The molecule has 0 aliphatic carbocycles. The topological polar surface area (TPSA) is 63.2 Å². The SMILES string of the molecule is O=S1(=O)CCCN(Cc2cnc(Cl)cn2)CC1. The van der Waals surface area contributed by atoms with E-state index >= 15 is 0 Å². The molecule has 0 spiro atoms. The first-order chi connectivity index (χ1) is 8.05. The molecule has 1 aromatic rings. The molecular formula is C10H14ClN3O2S. The molecule has 0 amide bonds. The fourth-order valence-electron chi connectivity index (χ4n) is 1.80. The van der Waals surface area contributed by atoms with E-state index in [1.807, 2.05) is 0 Å². The predicted molar refractivity (Wildman–Crippen MR) is 65.6 cm³/mol. The molecule has 7 heteroatoms. The highest BCUT2D eigenvalue weighted by molar-refractivity contribution is 7.91. The van der Waals surface area contributed by atoms with Gasteiger partial charge in [-0.3, -0.25) is 9.88 Å². The van der Waals surface area contributed by atoms with Crippen LogP contribution in [-0.2, 0) is 16.4 Å². The Kier molecular flexibility index (Phi) is 3.96. The van der Waals surface area contributed by atoms with Gasteiger partial charge in [-0.2, -0.15) is 0 Å². The highest BCUT2D eigenvalue weighted by Gasteiger charge is 2.19. The Balaban J connectivity index is 1.97. The van der Waals surface area contributed by atoms with E-state index in [2.05, 4.69) is 14.9 Å². The van der Waals surface area contributed by atoms with E-state index in [0.29, 0.717) is 24.7 Å². The van der Waals surface area contributed by atoms with Crippen LogP contribution < -0.4 is 0 Å². The summed E-state index contributed by atoms with van der Waals surface area (Å²) in [5.41, 5.74) is 0.814. The lowest BCUT2D eigenvalue weighted by Crippen LogP contribution is -2.27. The Morgan fingerprint density at radius 2 is 2.06 bits per heavy atom. The highest BCUT2D eigenvalue weighted by atomic mass is 35.5. The summed E-state index contributed by atoms with van der Waals surface area (Å²) in [4.78, 5) is 10.2. The predicted octanol–water partition coefficient (Wildman–Crippen LogP) is 0.750. The van der Waals surface area contributed by atoms with Crippen molar-refractivity contribution in [3.8, 4) is 0 Å². The summed E-state index contributed by atoms with van der Waals surface area (Å²) in [6.45, 7) is 1.97. The second-order valence-corrected chi connectivity index (χ2v) is 6.80. The van der Waals surface area contributed by atoms with Gasteiger partial charge in [0.2, 0.25) is 0 Å². The van der Waals surface area contributed by atoms with Crippen LogP contribution in [0.1, 0.15) is 12.1 Å². The first-order valence-corrected chi connectivity index (χ1v) is 7.64. The summed E-state index contributed by atoms with van der Waals surface area (Å²) >= 11 is 5.65. The summed E-state index contributed by atoms with van der Waals surface area (Å²) in [6, 6.07) is 0. The van der Waals surface area contributed by atoms with Crippen molar-refractivity contribution in [2.45, 2.75) is 13.0 Å². The van der Waals surface area contributed by atoms with E-state index in [4.69, 9.17) is 11.6 Å². The molecule has 1 fully saturated rings. The molecule has 1 saturated heterocycles. The van der Waals surface area contributed by atoms with Crippen LogP contribution in [0, 0.1) is 0 Å². The van der Waals surface area contributed by atoms with E-state index in [0.717, 1.165) is 12.2 Å². The highest BCUT2D eigenvalue weighted by Crippen LogP contribution is 2.09. The van der Waals surface area contributed by atoms with Gasteiger partial charge in [0.25, 0.3) is 0 Å². The molecule has 5 nitrogen and oxygen atoms in total. The maximum absolute atomic E-state index is 11.4. The molecule has 0 bridgehead atoms. The van der Waals surface area contributed by atoms with Crippen LogP contribution in [0.2, 0.25) is 5.15 Å². The Morgan fingerprint density at radius 1 is 1.24 bits per heavy atom. The lowest BCUT2D eigenvalue weighted by atomic mass is 10.3. The number of aromatic nitrogens is 2. The zero-order valence-electron chi connectivity index (χ0n) is 9.34. The minimum atomic E-state index is -2.85. The molecule has 17 heavy (non-hydrogen) atoms. The van der Waals surface area contributed by atoms with E-state index in [9.17, 15) is 8.42 Å². The second-order valence-electron chi connectivity index (χ2n) is 4.11. The minimum Gasteiger partial charge on any atom is -0.296 e. The minimum absolute atomic E-state index is 0.230. The second kappa shape index (κ2) is 5.29. The van der Waals surface area contributed by atoms with E-state index in [1.165, 1.54) is 6.20 Å². The molecule has 0 radical (unpaired) electrons. The molecule has 0 unspecified atom stereocenters. The summed E-state index contributed by atoms with van der Waals surface area (Å²) < 4.78 is 22.9. The van der Waals surface area contributed by atoms with Gasteiger partial charge in [-0.15, -0.1) is 0 Å². The van der Waals surface area contributed by atoms with Crippen molar-refractivity contribution < 1.29 is 8.42 Å². The molecule has 1 aliphatic rings. The van der Waals surface area contributed by atoms with Crippen molar-refractivity contribution in [3.05, 3.63) is 23.2 Å². The molecular weight excluding hydrogens is 262 g/mol. The zero-order valence-corrected chi connectivity index (χ0v) is 10.9. The largest absolute Gasteiger partial charge is 0.296 e. The number of halogens is 1. The van der Waals surface area contributed by atoms with Gasteiger partial charge in [0, 0.05) is 13.1 Å². The van der Waals surface area contributed by atoms with Crippen LogP contribution in [0.15, 0.2) is 12.4 Å². The summed E-state index contributed by atoms with van der Waals surface area (Å²) in [5, 5.41) is 0.368. The van der Waals surface area contributed by atoms with Crippen molar-refractivity contribution in [2.24, 2.45) is 0 Å². The van der Waals surface area contributed by atoms with Gasteiger partial charge in [0.15, 0.2) is 9.84 Å². The maximum atomic E-state index is 11.4. The Labute approximate surface area is 106 Å². The molecule has 0 N–H and O–H groups in total. The summed E-state index contributed by atoms with van der Waals surface area (Å²) in [7, 11) is -2.85. The van der Waals surface area contributed by atoms with Crippen LogP contribution in [-0.4, -0.2) is 47.9 Å². The monoisotopic (exact) mass is 275 g/mol. The number of rotatable bonds is 2. The number of nitrogens with zero attached hydrogens (tertiary/aromatic N) is 3. The van der Waals surface area contributed by atoms with Crippen molar-refractivity contribution in [2.75, 3.05) is 24.6 Å². The number of hydrogen-bond acceptors (Lipinski definition) is 5. The van der Waals surface area contributed by atoms with Crippen molar-refractivity contribution in [1.82, 2.24) is 14.9 Å². The average molecular weight is 276 g/mol. The molecule has 94 valence electrons. The average Bonchev–Trinajstić information content (AvgIpc) is 2.44. The van der Waals surface area contributed by atoms with Crippen LogP contribution >= 0.6 is 11.6 Å². The molecule has 0 aromatic carbocycles. The molecule has 1 aromatic heterocycles. The van der Waals surface area contributed by atoms with Gasteiger partial charge >= 0.3 is 0 Å². The Bertz CT molecular complexity index is 475.